The number of halogens is 1. The molecule has 0 aliphatic heterocycles. The van der Waals surface area contributed by atoms with Crippen LogP contribution >= 0.6 is 0 Å². The molecule has 3 nitrogen and oxygen atoms in total. The summed E-state index contributed by atoms with van der Waals surface area (Å²) in [5, 5.41) is 12.2. The van der Waals surface area contributed by atoms with Crippen molar-refractivity contribution >= 4 is 5.82 Å². The number of aromatic nitrogens is 2. The van der Waals surface area contributed by atoms with Gasteiger partial charge >= 0.3 is 0 Å². The number of nitrogens with zero attached hydrogens (tertiary/aromatic N) is 2. The molecule has 1 aromatic carbocycles. The fraction of sp³-hybridized carbons (Fsp3) is 0.474. The smallest absolute Gasteiger partial charge is 0.152 e. The van der Waals surface area contributed by atoms with Crippen LogP contribution in [-0.4, -0.2) is 10.2 Å². The third kappa shape index (κ3) is 3.52. The molecule has 0 saturated carbocycles. The Morgan fingerprint density at radius 2 is 1.48 bits per heavy atom. The second-order valence-corrected chi connectivity index (χ2v) is 6.66. The van der Waals surface area contributed by atoms with Gasteiger partial charge in [-0.25, -0.2) is 4.39 Å². The van der Waals surface area contributed by atoms with Crippen LogP contribution < -0.4 is 5.32 Å². The Kier molecular flexibility index (Phi) is 5.03. The minimum atomic E-state index is -0.191. The van der Waals surface area contributed by atoms with E-state index in [4.69, 9.17) is 0 Å². The van der Waals surface area contributed by atoms with Crippen molar-refractivity contribution in [1.29, 1.82) is 0 Å². The molecule has 0 aliphatic carbocycles. The second kappa shape index (κ2) is 6.65. The summed E-state index contributed by atoms with van der Waals surface area (Å²) >= 11 is 0. The first-order valence-corrected chi connectivity index (χ1v) is 8.09. The average Bonchev–Trinajstić information content (AvgIpc) is 2.42. The lowest BCUT2D eigenvalue weighted by Crippen LogP contribution is -2.14. The first kappa shape index (κ1) is 17.4. The molecular formula is C19H26FN3. The van der Waals surface area contributed by atoms with E-state index in [-0.39, 0.29) is 11.9 Å². The predicted molar refractivity (Wildman–Crippen MR) is 93.5 cm³/mol. The number of nitrogens with one attached hydrogen (secondary N) is 1. The van der Waals surface area contributed by atoms with Crippen molar-refractivity contribution in [3.8, 4) is 0 Å². The topological polar surface area (TPSA) is 37.8 Å². The highest BCUT2D eigenvalue weighted by molar-refractivity contribution is 5.51. The zero-order valence-electron chi connectivity index (χ0n) is 15.1. The van der Waals surface area contributed by atoms with Gasteiger partial charge in [0.15, 0.2) is 5.82 Å². The summed E-state index contributed by atoms with van der Waals surface area (Å²) in [5.74, 6) is 0.959. The minimum absolute atomic E-state index is 0.0351. The van der Waals surface area contributed by atoms with E-state index < -0.39 is 0 Å². The van der Waals surface area contributed by atoms with E-state index in [0.29, 0.717) is 5.92 Å². The van der Waals surface area contributed by atoms with E-state index in [0.717, 1.165) is 33.8 Å². The van der Waals surface area contributed by atoms with Gasteiger partial charge < -0.3 is 5.32 Å². The van der Waals surface area contributed by atoms with E-state index in [2.05, 4.69) is 50.1 Å². The number of aryl methyl sites for hydroxylation is 2. The molecule has 1 N–H and O–H groups in total. The van der Waals surface area contributed by atoms with Crippen molar-refractivity contribution in [1.82, 2.24) is 10.2 Å². The molecular weight excluding hydrogens is 289 g/mol. The van der Waals surface area contributed by atoms with Gasteiger partial charge in [0, 0.05) is 0 Å². The van der Waals surface area contributed by atoms with Crippen LogP contribution in [0.2, 0.25) is 0 Å². The lowest BCUT2D eigenvalue weighted by molar-refractivity contribution is 0.623. The van der Waals surface area contributed by atoms with Gasteiger partial charge in [-0.05, 0) is 80.5 Å². The summed E-state index contributed by atoms with van der Waals surface area (Å²) in [6, 6.07) is 3.19. The van der Waals surface area contributed by atoms with Crippen molar-refractivity contribution in [2.24, 2.45) is 0 Å². The van der Waals surface area contributed by atoms with Crippen LogP contribution in [0.4, 0.5) is 10.2 Å². The number of benzene rings is 1. The summed E-state index contributed by atoms with van der Waals surface area (Å²) < 4.78 is 13.5. The van der Waals surface area contributed by atoms with Gasteiger partial charge in [-0.15, -0.1) is 5.10 Å². The number of hydrogen-bond acceptors (Lipinski definition) is 3. The van der Waals surface area contributed by atoms with Crippen molar-refractivity contribution in [3.63, 3.8) is 0 Å². The van der Waals surface area contributed by atoms with E-state index in [9.17, 15) is 4.39 Å². The molecule has 1 aromatic heterocycles. The maximum atomic E-state index is 13.5. The average molecular weight is 315 g/mol. The molecule has 0 radical (unpaired) electrons. The van der Waals surface area contributed by atoms with Gasteiger partial charge in [0.1, 0.15) is 5.82 Å². The number of hydrogen-bond donors (Lipinski definition) is 1. The van der Waals surface area contributed by atoms with Gasteiger partial charge in [0.2, 0.25) is 0 Å². The summed E-state index contributed by atoms with van der Waals surface area (Å²) in [5.41, 5.74) is 6.34. The standard InChI is InChI=1S/C19H26FN3/c1-10(2)18-13(5)14(6)19(23-22-18)21-15(7)17-11(3)8-16(20)9-12(17)4/h8-10,15H,1-7H3,(H,21,23)/t15-/m0/s1. The Balaban J connectivity index is 2.35. The molecule has 2 aromatic rings. The maximum absolute atomic E-state index is 13.5. The highest BCUT2D eigenvalue weighted by atomic mass is 19.1. The number of anilines is 1. The van der Waals surface area contributed by atoms with Crippen molar-refractivity contribution in [2.75, 3.05) is 5.32 Å². The van der Waals surface area contributed by atoms with Gasteiger partial charge in [-0.1, -0.05) is 13.8 Å². The second-order valence-electron chi connectivity index (χ2n) is 6.66. The van der Waals surface area contributed by atoms with Crippen molar-refractivity contribution in [3.05, 3.63) is 51.5 Å². The van der Waals surface area contributed by atoms with Crippen molar-refractivity contribution in [2.45, 2.75) is 60.4 Å². The van der Waals surface area contributed by atoms with E-state index >= 15 is 0 Å². The van der Waals surface area contributed by atoms with E-state index in [1.165, 1.54) is 5.56 Å². The molecule has 4 heteroatoms. The molecule has 2 rings (SSSR count). The van der Waals surface area contributed by atoms with Crippen molar-refractivity contribution < 1.29 is 4.39 Å². The van der Waals surface area contributed by atoms with Crippen LogP contribution in [0.3, 0.4) is 0 Å². The third-order valence-corrected chi connectivity index (χ3v) is 4.45. The Hall–Kier alpha value is -1.97. The van der Waals surface area contributed by atoms with Gasteiger partial charge in [0.05, 0.1) is 11.7 Å². The minimum Gasteiger partial charge on any atom is -0.362 e. The lowest BCUT2D eigenvalue weighted by Gasteiger charge is -2.22. The highest BCUT2D eigenvalue weighted by Crippen LogP contribution is 2.28. The quantitative estimate of drug-likeness (QED) is 0.848. The molecule has 124 valence electrons. The normalized spacial score (nSPS) is 12.6. The molecule has 0 spiro atoms. The molecule has 1 heterocycles. The fourth-order valence-electron chi connectivity index (χ4n) is 3.19. The Bertz CT molecular complexity index is 700. The zero-order valence-corrected chi connectivity index (χ0v) is 15.1. The SMILES string of the molecule is Cc1cc(F)cc(C)c1[C@H](C)Nc1nnc(C(C)C)c(C)c1C. The lowest BCUT2D eigenvalue weighted by atomic mass is 9.96. The van der Waals surface area contributed by atoms with E-state index in [1.807, 2.05) is 13.8 Å². The summed E-state index contributed by atoms with van der Waals surface area (Å²) in [7, 11) is 0. The van der Waals surface area contributed by atoms with Crippen LogP contribution in [0.15, 0.2) is 12.1 Å². The summed E-state index contributed by atoms with van der Waals surface area (Å²) in [6.07, 6.45) is 0. The van der Waals surface area contributed by atoms with Gasteiger partial charge in [0.25, 0.3) is 0 Å². The Labute approximate surface area is 138 Å². The first-order chi connectivity index (χ1) is 10.7. The first-order valence-electron chi connectivity index (χ1n) is 8.09. The molecule has 0 amide bonds. The van der Waals surface area contributed by atoms with Gasteiger partial charge in [-0.3, -0.25) is 0 Å². The Morgan fingerprint density at radius 3 is 2.00 bits per heavy atom. The fourth-order valence-corrected chi connectivity index (χ4v) is 3.19. The molecule has 23 heavy (non-hydrogen) atoms. The van der Waals surface area contributed by atoms with Crippen LogP contribution in [0.1, 0.15) is 66.2 Å². The van der Waals surface area contributed by atoms with Crippen LogP contribution in [0.5, 0.6) is 0 Å². The molecule has 0 saturated heterocycles. The maximum Gasteiger partial charge on any atom is 0.152 e. The van der Waals surface area contributed by atoms with E-state index in [1.54, 1.807) is 12.1 Å². The van der Waals surface area contributed by atoms with Crippen LogP contribution in [-0.2, 0) is 0 Å². The predicted octanol–water partition coefficient (Wildman–Crippen LogP) is 5.15. The largest absolute Gasteiger partial charge is 0.362 e. The molecule has 0 unspecified atom stereocenters. The highest BCUT2D eigenvalue weighted by Gasteiger charge is 2.17. The number of rotatable bonds is 4. The summed E-state index contributed by atoms with van der Waals surface area (Å²) in [6.45, 7) is 14.3. The molecule has 0 aliphatic rings. The monoisotopic (exact) mass is 315 g/mol. The molecule has 0 fully saturated rings. The Morgan fingerprint density at radius 1 is 0.913 bits per heavy atom. The summed E-state index contributed by atoms with van der Waals surface area (Å²) in [4.78, 5) is 0. The molecule has 1 atom stereocenters. The van der Waals surface area contributed by atoms with Crippen LogP contribution in [0, 0.1) is 33.5 Å². The van der Waals surface area contributed by atoms with Gasteiger partial charge in [-0.2, -0.15) is 5.10 Å². The third-order valence-electron chi connectivity index (χ3n) is 4.45. The van der Waals surface area contributed by atoms with Crippen LogP contribution in [0.25, 0.3) is 0 Å². The zero-order chi connectivity index (χ0) is 17.3. The molecule has 0 bridgehead atoms.